The van der Waals surface area contributed by atoms with Crippen molar-refractivity contribution in [2.75, 3.05) is 39.4 Å². The summed E-state index contributed by atoms with van der Waals surface area (Å²) < 4.78 is 27.6. The summed E-state index contributed by atoms with van der Waals surface area (Å²) in [6, 6.07) is 5.90. The molecular weight excluding hydrogens is 379 g/mol. The van der Waals surface area contributed by atoms with Gasteiger partial charge in [-0.15, -0.1) is 0 Å². The second-order valence-corrected chi connectivity index (χ2v) is 7.30. The highest BCUT2D eigenvalue weighted by Gasteiger charge is 2.43. The second-order valence-electron chi connectivity index (χ2n) is 7.30. The summed E-state index contributed by atoms with van der Waals surface area (Å²) in [6.45, 7) is 1.79. The molecule has 2 aromatic rings. The van der Waals surface area contributed by atoms with Crippen LogP contribution in [0.25, 0.3) is 0 Å². The van der Waals surface area contributed by atoms with Gasteiger partial charge in [0.05, 0.1) is 43.6 Å². The molecule has 1 aromatic heterocycles. The Labute approximate surface area is 167 Å². The fourth-order valence-corrected chi connectivity index (χ4v) is 3.74. The zero-order valence-electron chi connectivity index (χ0n) is 16.2. The van der Waals surface area contributed by atoms with Crippen molar-refractivity contribution in [3.8, 4) is 0 Å². The van der Waals surface area contributed by atoms with Crippen LogP contribution in [0.2, 0.25) is 0 Å². The Morgan fingerprint density at radius 1 is 1.07 bits per heavy atom. The van der Waals surface area contributed by atoms with Crippen LogP contribution in [-0.2, 0) is 16.5 Å². The summed E-state index contributed by atoms with van der Waals surface area (Å²) in [6.07, 6.45) is 3.84. The number of nitrogens with zero attached hydrogens (tertiary/aromatic N) is 4. The van der Waals surface area contributed by atoms with Crippen LogP contribution < -0.4 is 0 Å². The van der Waals surface area contributed by atoms with Crippen molar-refractivity contribution >= 4 is 11.8 Å². The molecule has 1 unspecified atom stereocenters. The molecule has 29 heavy (non-hydrogen) atoms. The van der Waals surface area contributed by atoms with E-state index in [0.29, 0.717) is 31.7 Å². The largest absolute Gasteiger partial charge is 0.347 e. The lowest BCUT2D eigenvalue weighted by Gasteiger charge is -2.43. The zero-order chi connectivity index (χ0) is 20.4. The highest BCUT2D eigenvalue weighted by atomic mass is 19.1. The van der Waals surface area contributed by atoms with E-state index in [0.717, 1.165) is 0 Å². The highest BCUT2D eigenvalue weighted by Crippen LogP contribution is 2.26. The van der Waals surface area contributed by atoms with Crippen molar-refractivity contribution in [1.29, 1.82) is 0 Å². The Hall–Kier alpha value is -2.78. The lowest BCUT2D eigenvalue weighted by molar-refractivity contribution is -0.258. The smallest absolute Gasteiger partial charge is 0.257 e. The number of benzene rings is 1. The number of carbonyl (C=O) groups is 2. The number of aromatic nitrogens is 2. The maximum absolute atomic E-state index is 14.1. The van der Waals surface area contributed by atoms with E-state index < -0.39 is 17.5 Å². The number of hydrogen-bond acceptors (Lipinski definition) is 5. The summed E-state index contributed by atoms with van der Waals surface area (Å²) in [5.74, 6) is -2.27. The van der Waals surface area contributed by atoms with Crippen LogP contribution in [-0.4, -0.2) is 76.6 Å². The van der Waals surface area contributed by atoms with Gasteiger partial charge in [-0.3, -0.25) is 14.3 Å². The summed E-state index contributed by atoms with van der Waals surface area (Å²) in [5, 5.41) is 4.06. The summed E-state index contributed by atoms with van der Waals surface area (Å²) >= 11 is 0. The third-order valence-electron chi connectivity index (χ3n) is 5.16. The molecule has 0 saturated carbocycles. The van der Waals surface area contributed by atoms with Crippen molar-refractivity contribution < 1.29 is 23.5 Å². The third-order valence-corrected chi connectivity index (χ3v) is 5.16. The standard InChI is InChI=1S/C20H23FN4O4/c1-23-12-15(11-22-23)18(26)24-7-4-9-28-20(13-24)14-25(8-10-29-20)19(27)16-5-2-3-6-17(16)21/h2-3,5-6,11-12H,4,7-10,13-14H2,1H3. The van der Waals surface area contributed by atoms with Crippen LogP contribution in [0.4, 0.5) is 4.39 Å². The van der Waals surface area contributed by atoms with Gasteiger partial charge in [-0.1, -0.05) is 12.1 Å². The van der Waals surface area contributed by atoms with E-state index >= 15 is 0 Å². The van der Waals surface area contributed by atoms with E-state index in [1.165, 1.54) is 23.2 Å². The number of aryl methyl sites for hydroxylation is 1. The Balaban J connectivity index is 1.53. The van der Waals surface area contributed by atoms with Gasteiger partial charge in [0.15, 0.2) is 0 Å². The van der Waals surface area contributed by atoms with Crippen molar-refractivity contribution in [3.05, 3.63) is 53.6 Å². The predicted molar refractivity (Wildman–Crippen MR) is 101 cm³/mol. The normalized spacial score (nSPS) is 22.6. The Kier molecular flexibility index (Phi) is 5.33. The minimum Gasteiger partial charge on any atom is -0.347 e. The highest BCUT2D eigenvalue weighted by molar-refractivity contribution is 5.95. The van der Waals surface area contributed by atoms with E-state index in [1.54, 1.807) is 35.0 Å². The summed E-state index contributed by atoms with van der Waals surface area (Å²) in [7, 11) is 1.75. The molecular formula is C20H23FN4O4. The van der Waals surface area contributed by atoms with E-state index in [1.807, 2.05) is 0 Å². The Morgan fingerprint density at radius 2 is 1.79 bits per heavy atom. The molecule has 4 rings (SSSR count). The second kappa shape index (κ2) is 7.92. The van der Waals surface area contributed by atoms with Crippen LogP contribution in [0.1, 0.15) is 27.1 Å². The minimum absolute atomic E-state index is 0.0152. The molecule has 0 radical (unpaired) electrons. The SMILES string of the molecule is Cn1cc(C(=O)N2CCCOC3(C2)CN(C(=O)c2ccccc2F)CCO3)cn1. The topological polar surface area (TPSA) is 76.9 Å². The van der Waals surface area contributed by atoms with Gasteiger partial charge >= 0.3 is 0 Å². The first kappa shape index (κ1) is 19.5. The molecule has 1 aromatic carbocycles. The van der Waals surface area contributed by atoms with Gasteiger partial charge in [-0.25, -0.2) is 4.39 Å². The first-order valence-electron chi connectivity index (χ1n) is 9.57. The molecule has 2 aliphatic heterocycles. The summed E-state index contributed by atoms with van der Waals surface area (Å²) in [4.78, 5) is 29.0. The van der Waals surface area contributed by atoms with Crippen molar-refractivity contribution in [3.63, 3.8) is 0 Å². The van der Waals surface area contributed by atoms with Crippen LogP contribution in [0.5, 0.6) is 0 Å². The molecule has 3 heterocycles. The number of ether oxygens (including phenoxy) is 2. The van der Waals surface area contributed by atoms with Gasteiger partial charge in [-0.2, -0.15) is 5.10 Å². The predicted octanol–water partition coefficient (Wildman–Crippen LogP) is 1.29. The average molecular weight is 402 g/mol. The quantitative estimate of drug-likeness (QED) is 0.757. The zero-order valence-corrected chi connectivity index (χ0v) is 16.2. The fraction of sp³-hybridized carbons (Fsp3) is 0.450. The van der Waals surface area contributed by atoms with Crippen molar-refractivity contribution in [1.82, 2.24) is 19.6 Å². The number of amides is 2. The fourth-order valence-electron chi connectivity index (χ4n) is 3.74. The van der Waals surface area contributed by atoms with Crippen molar-refractivity contribution in [2.24, 2.45) is 7.05 Å². The van der Waals surface area contributed by atoms with E-state index in [2.05, 4.69) is 5.10 Å². The first-order chi connectivity index (χ1) is 14.0. The maximum atomic E-state index is 14.1. The Morgan fingerprint density at radius 3 is 2.52 bits per heavy atom. The molecule has 1 atom stereocenters. The molecule has 2 amide bonds. The molecule has 2 saturated heterocycles. The lowest BCUT2D eigenvalue weighted by Crippen LogP contribution is -2.59. The molecule has 154 valence electrons. The van der Waals surface area contributed by atoms with Crippen LogP contribution >= 0.6 is 0 Å². The van der Waals surface area contributed by atoms with E-state index in [9.17, 15) is 14.0 Å². The van der Waals surface area contributed by atoms with E-state index in [-0.39, 0.29) is 31.2 Å². The van der Waals surface area contributed by atoms with Gasteiger partial charge in [0.1, 0.15) is 5.82 Å². The van der Waals surface area contributed by atoms with Crippen LogP contribution in [0.3, 0.4) is 0 Å². The van der Waals surface area contributed by atoms with Gasteiger partial charge in [0, 0.05) is 26.3 Å². The van der Waals surface area contributed by atoms with Gasteiger partial charge in [0.25, 0.3) is 11.8 Å². The lowest BCUT2D eigenvalue weighted by atomic mass is 10.1. The monoisotopic (exact) mass is 402 g/mol. The van der Waals surface area contributed by atoms with Gasteiger partial charge in [-0.05, 0) is 18.6 Å². The molecule has 2 fully saturated rings. The number of rotatable bonds is 2. The number of hydrogen-bond donors (Lipinski definition) is 0. The van der Waals surface area contributed by atoms with E-state index in [4.69, 9.17) is 9.47 Å². The maximum Gasteiger partial charge on any atom is 0.257 e. The molecule has 0 N–H and O–H groups in total. The first-order valence-corrected chi connectivity index (χ1v) is 9.57. The molecule has 0 aliphatic carbocycles. The molecule has 0 bridgehead atoms. The summed E-state index contributed by atoms with van der Waals surface area (Å²) in [5.41, 5.74) is 0.501. The molecule has 8 nitrogen and oxygen atoms in total. The molecule has 1 spiro atoms. The van der Waals surface area contributed by atoms with Gasteiger partial charge < -0.3 is 19.3 Å². The number of morpholine rings is 1. The van der Waals surface area contributed by atoms with Crippen LogP contribution in [0.15, 0.2) is 36.7 Å². The number of carbonyl (C=O) groups excluding carboxylic acids is 2. The number of halogens is 1. The Bertz CT molecular complexity index is 917. The van der Waals surface area contributed by atoms with Crippen LogP contribution in [0, 0.1) is 5.82 Å². The molecule has 9 heteroatoms. The van der Waals surface area contributed by atoms with Gasteiger partial charge in [0.2, 0.25) is 5.79 Å². The molecule has 2 aliphatic rings. The third kappa shape index (κ3) is 4.01. The van der Waals surface area contributed by atoms with Crippen molar-refractivity contribution in [2.45, 2.75) is 12.2 Å². The minimum atomic E-state index is -1.13. The average Bonchev–Trinajstić information content (AvgIpc) is 3.06.